The number of benzene rings is 2. The van der Waals surface area contributed by atoms with Crippen molar-refractivity contribution in [1.29, 1.82) is 0 Å². The molecule has 0 radical (unpaired) electrons. The fourth-order valence-electron chi connectivity index (χ4n) is 2.83. The lowest BCUT2D eigenvalue weighted by Gasteiger charge is -2.15. The molecule has 0 aliphatic carbocycles. The zero-order chi connectivity index (χ0) is 18.1. The summed E-state index contributed by atoms with van der Waals surface area (Å²) in [7, 11) is 1.97. The molecule has 4 heteroatoms. The summed E-state index contributed by atoms with van der Waals surface area (Å²) in [5.41, 5.74) is 1.79. The molecule has 2 nitrogen and oxygen atoms in total. The quantitative estimate of drug-likeness (QED) is 0.495. The van der Waals surface area contributed by atoms with E-state index in [4.69, 9.17) is 4.74 Å². The van der Waals surface area contributed by atoms with Crippen molar-refractivity contribution in [3.8, 4) is 5.75 Å². The van der Waals surface area contributed by atoms with Gasteiger partial charge in [-0.2, -0.15) is 0 Å². The topological polar surface area (TPSA) is 21.3 Å². The van der Waals surface area contributed by atoms with Gasteiger partial charge in [0.1, 0.15) is 11.6 Å². The number of hydrogen-bond donors (Lipinski definition) is 1. The minimum Gasteiger partial charge on any atom is -0.493 e. The lowest BCUT2D eigenvalue weighted by atomic mass is 9.93. The van der Waals surface area contributed by atoms with E-state index < -0.39 is 0 Å². The van der Waals surface area contributed by atoms with E-state index in [-0.39, 0.29) is 11.7 Å². The number of hydrogen-bond acceptors (Lipinski definition) is 2. The Bertz CT molecular complexity index is 645. The molecular weight excluding hydrogens is 381 g/mol. The van der Waals surface area contributed by atoms with Gasteiger partial charge in [0.15, 0.2) is 0 Å². The van der Waals surface area contributed by atoms with E-state index in [0.29, 0.717) is 17.9 Å². The first kappa shape index (κ1) is 19.9. The molecule has 136 valence electrons. The highest BCUT2D eigenvalue weighted by Crippen LogP contribution is 2.29. The van der Waals surface area contributed by atoms with Crippen LogP contribution in [0.5, 0.6) is 5.75 Å². The molecule has 2 aromatic rings. The summed E-state index contributed by atoms with van der Waals surface area (Å²) in [6.45, 7) is 3.72. The predicted octanol–water partition coefficient (Wildman–Crippen LogP) is 5.90. The van der Waals surface area contributed by atoms with E-state index in [1.54, 1.807) is 0 Å². The Morgan fingerprint density at radius 1 is 1.04 bits per heavy atom. The van der Waals surface area contributed by atoms with Crippen LogP contribution in [0.3, 0.4) is 0 Å². The first-order chi connectivity index (χ1) is 12.1. The molecule has 0 saturated heterocycles. The number of rotatable bonds is 10. The van der Waals surface area contributed by atoms with Gasteiger partial charge in [-0.05, 0) is 55.8 Å². The van der Waals surface area contributed by atoms with Crippen LogP contribution >= 0.6 is 15.9 Å². The van der Waals surface area contributed by atoms with Crippen molar-refractivity contribution in [2.24, 2.45) is 0 Å². The van der Waals surface area contributed by atoms with Gasteiger partial charge in [0.2, 0.25) is 0 Å². The van der Waals surface area contributed by atoms with E-state index in [2.05, 4.69) is 21.2 Å². The largest absolute Gasteiger partial charge is 0.493 e. The summed E-state index contributed by atoms with van der Waals surface area (Å²) in [6.07, 6.45) is 4.53. The molecule has 0 bridgehead atoms. The molecule has 2 aromatic carbocycles. The Balaban J connectivity index is 1.86. The molecule has 25 heavy (non-hydrogen) atoms. The Kier molecular flexibility index (Phi) is 8.42. The molecular formula is C21H27BrFNO. The van der Waals surface area contributed by atoms with Crippen LogP contribution in [0.15, 0.2) is 46.9 Å². The molecule has 0 amide bonds. The second-order valence-corrected chi connectivity index (χ2v) is 7.24. The highest BCUT2D eigenvalue weighted by Gasteiger charge is 2.14. The average Bonchev–Trinajstić information content (AvgIpc) is 2.61. The molecule has 1 unspecified atom stereocenters. The van der Waals surface area contributed by atoms with Crippen molar-refractivity contribution < 1.29 is 9.13 Å². The minimum atomic E-state index is -0.207. The Morgan fingerprint density at radius 2 is 1.76 bits per heavy atom. The maximum absolute atomic E-state index is 14.5. The van der Waals surface area contributed by atoms with E-state index >= 15 is 0 Å². The van der Waals surface area contributed by atoms with E-state index in [1.165, 1.54) is 18.9 Å². The predicted molar refractivity (Wildman–Crippen MR) is 106 cm³/mol. The third-order valence-electron chi connectivity index (χ3n) is 4.40. The lowest BCUT2D eigenvalue weighted by molar-refractivity contribution is 0.303. The second-order valence-electron chi connectivity index (χ2n) is 6.32. The molecule has 2 rings (SSSR count). The van der Waals surface area contributed by atoms with Gasteiger partial charge in [0, 0.05) is 16.5 Å². The van der Waals surface area contributed by atoms with Crippen LogP contribution in [0.1, 0.15) is 49.7 Å². The van der Waals surface area contributed by atoms with Crippen molar-refractivity contribution in [2.75, 3.05) is 20.2 Å². The fraction of sp³-hybridized carbons (Fsp3) is 0.429. The van der Waals surface area contributed by atoms with Gasteiger partial charge >= 0.3 is 0 Å². The minimum absolute atomic E-state index is 0.00863. The van der Waals surface area contributed by atoms with E-state index in [1.807, 2.05) is 50.4 Å². The number of unbranched alkanes of at least 4 members (excludes halogenated alkanes) is 3. The van der Waals surface area contributed by atoms with Crippen LogP contribution < -0.4 is 10.1 Å². The monoisotopic (exact) mass is 407 g/mol. The van der Waals surface area contributed by atoms with Crippen LogP contribution in [0.4, 0.5) is 4.39 Å². The Labute approximate surface area is 158 Å². The maximum atomic E-state index is 14.5. The van der Waals surface area contributed by atoms with Crippen molar-refractivity contribution >= 4 is 15.9 Å². The highest BCUT2D eigenvalue weighted by atomic mass is 79.9. The summed E-state index contributed by atoms with van der Waals surface area (Å²) in [4.78, 5) is 0. The average molecular weight is 408 g/mol. The molecule has 0 heterocycles. The molecule has 0 aliphatic heterocycles. The summed E-state index contributed by atoms with van der Waals surface area (Å²) < 4.78 is 21.2. The third kappa shape index (κ3) is 6.44. The fourth-order valence-corrected chi connectivity index (χ4v) is 3.09. The van der Waals surface area contributed by atoms with Crippen molar-refractivity contribution in [3.63, 3.8) is 0 Å². The Hall–Kier alpha value is -1.39. The van der Waals surface area contributed by atoms with Crippen molar-refractivity contribution in [2.45, 2.75) is 38.5 Å². The van der Waals surface area contributed by atoms with Crippen molar-refractivity contribution in [1.82, 2.24) is 5.32 Å². The Morgan fingerprint density at radius 3 is 2.44 bits per heavy atom. The van der Waals surface area contributed by atoms with Gasteiger partial charge in [-0.1, -0.05) is 53.9 Å². The third-order valence-corrected chi connectivity index (χ3v) is 4.93. The SMILES string of the molecule is CNCCCCCCOc1ccc(C(C)c2ccc(Br)cc2)c(F)c1. The standard InChI is InChI=1S/C21H27BrFNO/c1-16(17-7-9-18(22)10-8-17)20-12-11-19(15-21(20)23)25-14-6-4-3-5-13-24-2/h7-12,15-16,24H,3-6,13-14H2,1-2H3. The first-order valence-corrected chi connectivity index (χ1v) is 9.73. The van der Waals surface area contributed by atoms with Gasteiger partial charge in [0.25, 0.3) is 0 Å². The summed E-state index contributed by atoms with van der Waals surface area (Å²) in [5.74, 6) is 0.413. The number of nitrogens with one attached hydrogen (secondary N) is 1. The van der Waals surface area contributed by atoms with Gasteiger partial charge in [-0.3, -0.25) is 0 Å². The van der Waals surface area contributed by atoms with Crippen LogP contribution in [0.2, 0.25) is 0 Å². The molecule has 0 aliphatic rings. The smallest absolute Gasteiger partial charge is 0.130 e. The van der Waals surface area contributed by atoms with E-state index in [0.717, 1.165) is 29.4 Å². The van der Waals surface area contributed by atoms with Crippen molar-refractivity contribution in [3.05, 3.63) is 63.9 Å². The number of halogens is 2. The molecule has 0 saturated carbocycles. The van der Waals surface area contributed by atoms with Gasteiger partial charge in [-0.15, -0.1) is 0 Å². The molecule has 1 N–H and O–H groups in total. The molecule has 0 spiro atoms. The molecule has 0 aromatic heterocycles. The summed E-state index contributed by atoms with van der Waals surface area (Å²) in [5, 5.41) is 3.14. The van der Waals surface area contributed by atoms with Crippen LogP contribution in [0.25, 0.3) is 0 Å². The second kappa shape index (κ2) is 10.6. The highest BCUT2D eigenvalue weighted by molar-refractivity contribution is 9.10. The molecule has 0 fully saturated rings. The lowest BCUT2D eigenvalue weighted by Crippen LogP contribution is -2.07. The van der Waals surface area contributed by atoms with Gasteiger partial charge < -0.3 is 10.1 Å². The number of ether oxygens (including phenoxy) is 1. The van der Waals surface area contributed by atoms with Crippen LogP contribution in [-0.4, -0.2) is 20.2 Å². The summed E-state index contributed by atoms with van der Waals surface area (Å²) in [6, 6.07) is 13.2. The first-order valence-electron chi connectivity index (χ1n) is 8.94. The zero-order valence-electron chi connectivity index (χ0n) is 15.0. The normalized spacial score (nSPS) is 12.2. The van der Waals surface area contributed by atoms with Gasteiger partial charge in [0.05, 0.1) is 6.61 Å². The maximum Gasteiger partial charge on any atom is 0.130 e. The van der Waals surface area contributed by atoms with Crippen LogP contribution in [0, 0.1) is 5.82 Å². The van der Waals surface area contributed by atoms with E-state index in [9.17, 15) is 4.39 Å². The van der Waals surface area contributed by atoms with Gasteiger partial charge in [-0.25, -0.2) is 4.39 Å². The zero-order valence-corrected chi connectivity index (χ0v) is 16.6. The molecule has 1 atom stereocenters. The van der Waals surface area contributed by atoms with Crippen LogP contribution in [-0.2, 0) is 0 Å². The summed E-state index contributed by atoms with van der Waals surface area (Å²) >= 11 is 3.43.